The Bertz CT molecular complexity index is 1120. The summed E-state index contributed by atoms with van der Waals surface area (Å²) in [5.41, 5.74) is 1.66. The molecule has 2 heterocycles. The molecule has 28 heavy (non-hydrogen) atoms. The molecule has 2 aromatic carbocycles. The second kappa shape index (κ2) is 7.77. The monoisotopic (exact) mass is 415 g/mol. The molecule has 1 aliphatic heterocycles. The second-order valence-corrected chi connectivity index (χ2v) is 7.81. The van der Waals surface area contributed by atoms with Crippen LogP contribution in [0, 0.1) is 5.82 Å². The van der Waals surface area contributed by atoms with Crippen LogP contribution in [0.5, 0.6) is 0 Å². The lowest BCUT2D eigenvalue weighted by Gasteiger charge is -2.24. The van der Waals surface area contributed by atoms with E-state index in [1.165, 1.54) is 23.9 Å². The highest BCUT2D eigenvalue weighted by Crippen LogP contribution is 2.35. The normalized spacial score (nSPS) is 15.8. The minimum atomic E-state index is -0.416. The summed E-state index contributed by atoms with van der Waals surface area (Å²) in [5, 5.41) is 3.59. The van der Waals surface area contributed by atoms with Crippen molar-refractivity contribution in [2.75, 3.05) is 5.32 Å². The Morgan fingerprint density at radius 1 is 1.18 bits per heavy atom. The molecule has 8 heteroatoms. The number of hydrogen-bond donors (Lipinski definition) is 2. The van der Waals surface area contributed by atoms with E-state index < -0.39 is 5.92 Å². The largest absolute Gasteiger partial charge is 0.310 e. The quantitative estimate of drug-likeness (QED) is 0.491. The van der Waals surface area contributed by atoms with E-state index in [4.69, 9.17) is 11.6 Å². The van der Waals surface area contributed by atoms with Crippen molar-refractivity contribution in [2.45, 2.75) is 23.2 Å². The smallest absolute Gasteiger partial charge is 0.257 e. The van der Waals surface area contributed by atoms with E-state index in [-0.39, 0.29) is 29.5 Å². The van der Waals surface area contributed by atoms with Gasteiger partial charge in [-0.05, 0) is 35.4 Å². The SMILES string of the molecule is O=C1CC(c2cccc(Cl)c2)c2c(nc(SCc3cccc(F)c3)[nH]c2=O)N1. The van der Waals surface area contributed by atoms with Crippen LogP contribution < -0.4 is 10.9 Å². The Kier molecular flexibility index (Phi) is 5.19. The highest BCUT2D eigenvalue weighted by Gasteiger charge is 2.31. The van der Waals surface area contributed by atoms with Gasteiger partial charge in [-0.25, -0.2) is 9.37 Å². The fourth-order valence-corrected chi connectivity index (χ4v) is 4.21. The molecule has 0 bridgehead atoms. The summed E-state index contributed by atoms with van der Waals surface area (Å²) in [7, 11) is 0. The molecule has 0 fully saturated rings. The van der Waals surface area contributed by atoms with Crippen LogP contribution in [0.4, 0.5) is 10.2 Å². The first kappa shape index (κ1) is 18.7. The fourth-order valence-electron chi connectivity index (χ4n) is 3.21. The standard InChI is InChI=1S/C20H15ClFN3O2S/c21-13-5-2-4-12(8-13)15-9-16(26)23-18-17(15)19(27)25-20(24-18)28-10-11-3-1-6-14(22)7-11/h1-8,15H,9-10H2,(H2,23,24,25,26,27). The lowest BCUT2D eigenvalue weighted by Crippen LogP contribution is -2.31. The maximum Gasteiger partial charge on any atom is 0.257 e. The van der Waals surface area contributed by atoms with Gasteiger partial charge in [0.2, 0.25) is 5.91 Å². The van der Waals surface area contributed by atoms with Crippen molar-refractivity contribution < 1.29 is 9.18 Å². The number of rotatable bonds is 4. The van der Waals surface area contributed by atoms with Crippen molar-refractivity contribution in [3.05, 3.63) is 86.4 Å². The summed E-state index contributed by atoms with van der Waals surface area (Å²) in [6.07, 6.45) is 0.147. The van der Waals surface area contributed by atoms with E-state index in [0.29, 0.717) is 21.5 Å². The van der Waals surface area contributed by atoms with Crippen LogP contribution in [0.1, 0.15) is 29.0 Å². The number of nitrogens with zero attached hydrogens (tertiary/aromatic N) is 1. The molecular formula is C20H15ClFN3O2S. The summed E-state index contributed by atoms with van der Waals surface area (Å²) in [6.45, 7) is 0. The maximum absolute atomic E-state index is 13.3. The van der Waals surface area contributed by atoms with Crippen molar-refractivity contribution in [3.63, 3.8) is 0 Å². The maximum atomic E-state index is 13.3. The van der Waals surface area contributed by atoms with E-state index in [1.807, 2.05) is 6.07 Å². The Balaban J connectivity index is 1.66. The van der Waals surface area contributed by atoms with Gasteiger partial charge in [0.05, 0.1) is 5.56 Å². The first-order chi connectivity index (χ1) is 13.5. The van der Waals surface area contributed by atoms with Gasteiger partial charge in [-0.1, -0.05) is 47.6 Å². The van der Waals surface area contributed by atoms with Crippen molar-refractivity contribution in [2.24, 2.45) is 0 Å². The van der Waals surface area contributed by atoms with Gasteiger partial charge < -0.3 is 10.3 Å². The van der Waals surface area contributed by atoms with Gasteiger partial charge in [0.15, 0.2) is 5.16 Å². The number of halogens is 2. The molecule has 142 valence electrons. The van der Waals surface area contributed by atoms with Gasteiger partial charge in [0, 0.05) is 23.1 Å². The number of H-pyrrole nitrogens is 1. The minimum absolute atomic E-state index is 0.147. The molecule has 4 rings (SSSR count). The summed E-state index contributed by atoms with van der Waals surface area (Å²) in [6, 6.07) is 13.3. The van der Waals surface area contributed by atoms with Gasteiger partial charge in [-0.15, -0.1) is 0 Å². The number of nitrogens with one attached hydrogen (secondary N) is 2. The molecule has 0 spiro atoms. The minimum Gasteiger partial charge on any atom is -0.310 e. The molecule has 1 aliphatic rings. The van der Waals surface area contributed by atoms with E-state index in [9.17, 15) is 14.0 Å². The summed E-state index contributed by atoms with van der Waals surface area (Å²) in [4.78, 5) is 32.1. The van der Waals surface area contributed by atoms with Gasteiger partial charge >= 0.3 is 0 Å². The number of thioether (sulfide) groups is 1. The van der Waals surface area contributed by atoms with Crippen LogP contribution in [0.25, 0.3) is 0 Å². The predicted molar refractivity (Wildman–Crippen MR) is 107 cm³/mol. The lowest BCUT2D eigenvalue weighted by molar-refractivity contribution is -0.116. The zero-order valence-electron chi connectivity index (χ0n) is 14.5. The number of hydrogen-bond acceptors (Lipinski definition) is 4. The van der Waals surface area contributed by atoms with Crippen LogP contribution >= 0.6 is 23.4 Å². The number of anilines is 1. The van der Waals surface area contributed by atoms with Gasteiger partial charge in [-0.3, -0.25) is 9.59 Å². The Hall–Kier alpha value is -2.64. The van der Waals surface area contributed by atoms with Crippen LogP contribution in [-0.4, -0.2) is 15.9 Å². The zero-order valence-corrected chi connectivity index (χ0v) is 16.1. The van der Waals surface area contributed by atoms with E-state index in [1.54, 1.807) is 30.3 Å². The van der Waals surface area contributed by atoms with Crippen LogP contribution in [0.2, 0.25) is 5.02 Å². The fraction of sp³-hybridized carbons (Fsp3) is 0.150. The third kappa shape index (κ3) is 3.95. The summed E-state index contributed by atoms with van der Waals surface area (Å²) in [5.74, 6) is -0.253. The third-order valence-electron chi connectivity index (χ3n) is 4.44. The first-order valence-corrected chi connectivity index (χ1v) is 9.93. The first-order valence-electron chi connectivity index (χ1n) is 8.56. The van der Waals surface area contributed by atoms with Gasteiger partial charge in [0.25, 0.3) is 5.56 Å². The molecule has 3 aromatic rings. The highest BCUT2D eigenvalue weighted by molar-refractivity contribution is 7.98. The number of amides is 1. The average molecular weight is 416 g/mol. The third-order valence-corrected chi connectivity index (χ3v) is 5.62. The predicted octanol–water partition coefficient (Wildman–Crippen LogP) is 4.33. The summed E-state index contributed by atoms with van der Waals surface area (Å²) < 4.78 is 13.3. The number of aromatic nitrogens is 2. The molecule has 0 radical (unpaired) electrons. The van der Waals surface area contributed by atoms with Crippen molar-refractivity contribution >= 4 is 35.1 Å². The van der Waals surface area contributed by atoms with Crippen LogP contribution in [0.3, 0.4) is 0 Å². The van der Waals surface area contributed by atoms with E-state index in [2.05, 4.69) is 15.3 Å². The average Bonchev–Trinajstić information content (AvgIpc) is 2.65. The molecule has 1 unspecified atom stereocenters. The molecule has 1 aromatic heterocycles. The molecule has 0 aliphatic carbocycles. The molecule has 0 saturated carbocycles. The van der Waals surface area contributed by atoms with Crippen LogP contribution in [-0.2, 0) is 10.5 Å². The zero-order chi connectivity index (χ0) is 19.7. The van der Waals surface area contributed by atoms with Crippen molar-refractivity contribution in [1.82, 2.24) is 9.97 Å². The molecule has 2 N–H and O–H groups in total. The lowest BCUT2D eigenvalue weighted by atomic mass is 9.87. The number of aromatic amines is 1. The topological polar surface area (TPSA) is 74.8 Å². The van der Waals surface area contributed by atoms with Crippen molar-refractivity contribution in [1.29, 1.82) is 0 Å². The van der Waals surface area contributed by atoms with Gasteiger partial charge in [0.1, 0.15) is 11.6 Å². The molecular weight excluding hydrogens is 401 g/mol. The Morgan fingerprint density at radius 2 is 2.00 bits per heavy atom. The van der Waals surface area contributed by atoms with Crippen molar-refractivity contribution in [3.8, 4) is 0 Å². The van der Waals surface area contributed by atoms with E-state index in [0.717, 1.165) is 11.1 Å². The highest BCUT2D eigenvalue weighted by atomic mass is 35.5. The Morgan fingerprint density at radius 3 is 2.79 bits per heavy atom. The van der Waals surface area contributed by atoms with E-state index >= 15 is 0 Å². The number of benzene rings is 2. The number of carbonyl (C=O) groups is 1. The number of fused-ring (bicyclic) bond motifs is 1. The molecule has 1 amide bonds. The van der Waals surface area contributed by atoms with Gasteiger partial charge in [-0.2, -0.15) is 0 Å². The Labute approximate surface area is 169 Å². The molecule has 5 nitrogen and oxygen atoms in total. The molecule has 1 atom stereocenters. The number of carbonyl (C=O) groups excluding carboxylic acids is 1. The summed E-state index contributed by atoms with van der Waals surface area (Å²) >= 11 is 7.34. The van der Waals surface area contributed by atoms with Crippen LogP contribution in [0.15, 0.2) is 58.5 Å². The molecule has 0 saturated heterocycles. The second-order valence-electron chi connectivity index (χ2n) is 6.41.